The van der Waals surface area contributed by atoms with Gasteiger partial charge in [0.25, 0.3) is 0 Å². The molecule has 0 aliphatic rings. The minimum absolute atomic E-state index is 0.00656. The van der Waals surface area contributed by atoms with Gasteiger partial charge in [0.1, 0.15) is 30.7 Å². The van der Waals surface area contributed by atoms with Crippen LogP contribution in [0, 0.1) is 11.3 Å². The number of nitrogen functional groups attached to an aromatic ring is 1. The Morgan fingerprint density at radius 1 is 1.53 bits per heavy atom. The summed E-state index contributed by atoms with van der Waals surface area (Å²) >= 11 is 0. The first kappa shape index (κ1) is 12.6. The molecule has 2 aromatic heterocycles. The lowest BCUT2D eigenvalue weighted by atomic mass is 10.2. The van der Waals surface area contributed by atoms with Crippen LogP contribution in [0.15, 0.2) is 30.6 Å². The normalized spacial score (nSPS) is 9.84. The molecule has 2 heterocycles. The number of pyridine rings is 1. The number of nitrogens with zero attached hydrogens (tertiary/aromatic N) is 4. The number of esters is 1. The van der Waals surface area contributed by atoms with Gasteiger partial charge in [-0.25, -0.2) is 4.98 Å². The van der Waals surface area contributed by atoms with E-state index in [9.17, 15) is 4.79 Å². The van der Waals surface area contributed by atoms with Crippen molar-refractivity contribution in [2.75, 3.05) is 5.73 Å². The first-order chi connectivity index (χ1) is 9.17. The summed E-state index contributed by atoms with van der Waals surface area (Å²) in [5, 5.41) is 12.6. The molecule has 0 saturated carbocycles. The van der Waals surface area contributed by atoms with Crippen LogP contribution < -0.4 is 5.73 Å². The SMILES string of the molecule is N#Cc1cc(COC(=O)Cn2ccc(N)n2)ccn1. The molecule has 0 aliphatic heterocycles. The highest BCUT2D eigenvalue weighted by atomic mass is 16.5. The summed E-state index contributed by atoms with van der Waals surface area (Å²) in [5.41, 5.74) is 6.42. The highest BCUT2D eigenvalue weighted by Crippen LogP contribution is 2.04. The average molecular weight is 257 g/mol. The molecule has 0 atom stereocenters. The molecule has 0 aliphatic carbocycles. The molecule has 19 heavy (non-hydrogen) atoms. The van der Waals surface area contributed by atoms with Crippen molar-refractivity contribution in [3.05, 3.63) is 41.9 Å². The molecule has 7 heteroatoms. The Labute approximate surface area is 109 Å². The van der Waals surface area contributed by atoms with Crippen molar-refractivity contribution in [1.29, 1.82) is 5.26 Å². The van der Waals surface area contributed by atoms with Crippen LogP contribution in [-0.4, -0.2) is 20.7 Å². The minimum Gasteiger partial charge on any atom is -0.459 e. The number of carbonyl (C=O) groups is 1. The summed E-state index contributed by atoms with van der Waals surface area (Å²) in [6, 6.07) is 6.76. The van der Waals surface area contributed by atoms with Gasteiger partial charge in [-0.05, 0) is 23.8 Å². The maximum absolute atomic E-state index is 11.5. The van der Waals surface area contributed by atoms with E-state index in [-0.39, 0.29) is 18.8 Å². The molecule has 2 N–H and O–H groups in total. The Balaban J connectivity index is 1.88. The predicted octanol–water partition coefficient (Wildman–Crippen LogP) is 0.475. The van der Waals surface area contributed by atoms with Gasteiger partial charge in [-0.2, -0.15) is 10.4 Å². The smallest absolute Gasteiger partial charge is 0.328 e. The van der Waals surface area contributed by atoms with Gasteiger partial charge in [-0.15, -0.1) is 0 Å². The zero-order valence-electron chi connectivity index (χ0n) is 9.98. The molecule has 2 rings (SSSR count). The molecule has 0 bridgehead atoms. The molecule has 96 valence electrons. The van der Waals surface area contributed by atoms with Gasteiger partial charge >= 0.3 is 5.97 Å². The van der Waals surface area contributed by atoms with Crippen LogP contribution in [0.3, 0.4) is 0 Å². The highest BCUT2D eigenvalue weighted by Gasteiger charge is 2.06. The van der Waals surface area contributed by atoms with E-state index >= 15 is 0 Å². The molecular weight excluding hydrogens is 246 g/mol. The van der Waals surface area contributed by atoms with Crippen LogP contribution in [0.2, 0.25) is 0 Å². The first-order valence-electron chi connectivity index (χ1n) is 5.47. The summed E-state index contributed by atoms with van der Waals surface area (Å²) in [5.74, 6) is -0.0842. The van der Waals surface area contributed by atoms with E-state index in [1.165, 1.54) is 10.9 Å². The van der Waals surface area contributed by atoms with Gasteiger partial charge in [0.05, 0.1) is 0 Å². The van der Waals surface area contributed by atoms with Crippen molar-refractivity contribution in [1.82, 2.24) is 14.8 Å². The number of hydrogen-bond donors (Lipinski definition) is 1. The topological polar surface area (TPSA) is 107 Å². The van der Waals surface area contributed by atoms with Crippen LogP contribution in [-0.2, 0) is 22.7 Å². The van der Waals surface area contributed by atoms with Crippen molar-refractivity contribution >= 4 is 11.8 Å². The molecular formula is C12H11N5O2. The van der Waals surface area contributed by atoms with Gasteiger partial charge in [0, 0.05) is 12.4 Å². The Morgan fingerprint density at radius 3 is 3.05 bits per heavy atom. The summed E-state index contributed by atoms with van der Waals surface area (Å²) in [6.07, 6.45) is 3.09. The number of anilines is 1. The first-order valence-corrected chi connectivity index (χ1v) is 5.47. The van der Waals surface area contributed by atoms with E-state index in [2.05, 4.69) is 10.1 Å². The summed E-state index contributed by atoms with van der Waals surface area (Å²) in [7, 11) is 0. The Morgan fingerprint density at radius 2 is 2.37 bits per heavy atom. The Bertz CT molecular complexity index is 629. The molecule has 0 fully saturated rings. The lowest BCUT2D eigenvalue weighted by Gasteiger charge is -2.05. The van der Waals surface area contributed by atoms with Crippen molar-refractivity contribution in [2.24, 2.45) is 0 Å². The van der Waals surface area contributed by atoms with Crippen LogP contribution in [0.1, 0.15) is 11.3 Å². The van der Waals surface area contributed by atoms with Gasteiger partial charge in [-0.3, -0.25) is 9.48 Å². The molecule has 7 nitrogen and oxygen atoms in total. The van der Waals surface area contributed by atoms with Crippen molar-refractivity contribution in [3.8, 4) is 6.07 Å². The van der Waals surface area contributed by atoms with E-state index in [0.717, 1.165) is 0 Å². The second-order valence-corrected chi connectivity index (χ2v) is 3.76. The molecule has 0 aromatic carbocycles. The van der Waals surface area contributed by atoms with E-state index in [0.29, 0.717) is 11.4 Å². The molecule has 0 amide bonds. The third kappa shape index (κ3) is 3.54. The predicted molar refractivity (Wildman–Crippen MR) is 65.4 cm³/mol. The zero-order chi connectivity index (χ0) is 13.7. The standard InChI is InChI=1S/C12H11N5O2/c13-6-10-5-9(1-3-15-10)8-19-12(18)7-17-4-2-11(14)16-17/h1-5H,7-8H2,(H2,14,16). The number of hydrogen-bond acceptors (Lipinski definition) is 6. The number of rotatable bonds is 4. The maximum atomic E-state index is 11.5. The maximum Gasteiger partial charge on any atom is 0.328 e. The van der Waals surface area contributed by atoms with Crippen LogP contribution >= 0.6 is 0 Å². The fourth-order valence-electron chi connectivity index (χ4n) is 1.43. The Hall–Kier alpha value is -2.88. The molecule has 0 radical (unpaired) electrons. The fraction of sp³-hybridized carbons (Fsp3) is 0.167. The van der Waals surface area contributed by atoms with Gasteiger partial charge in [-0.1, -0.05) is 0 Å². The summed E-state index contributed by atoms with van der Waals surface area (Å²) in [6.45, 7) is 0.0835. The van der Waals surface area contributed by atoms with E-state index in [1.807, 2.05) is 6.07 Å². The summed E-state index contributed by atoms with van der Waals surface area (Å²) in [4.78, 5) is 15.4. The second kappa shape index (κ2) is 5.64. The number of nitriles is 1. The van der Waals surface area contributed by atoms with Crippen LogP contribution in [0.4, 0.5) is 5.82 Å². The van der Waals surface area contributed by atoms with Crippen molar-refractivity contribution in [2.45, 2.75) is 13.2 Å². The highest BCUT2D eigenvalue weighted by molar-refractivity contribution is 5.69. The Kier molecular flexibility index (Phi) is 3.73. The second-order valence-electron chi connectivity index (χ2n) is 3.76. The van der Waals surface area contributed by atoms with E-state index in [1.54, 1.807) is 24.4 Å². The number of ether oxygens (including phenoxy) is 1. The fourth-order valence-corrected chi connectivity index (χ4v) is 1.43. The number of carbonyl (C=O) groups excluding carboxylic acids is 1. The summed E-state index contributed by atoms with van der Waals surface area (Å²) < 4.78 is 6.46. The molecule has 2 aromatic rings. The minimum atomic E-state index is -0.432. The van der Waals surface area contributed by atoms with Crippen molar-refractivity contribution < 1.29 is 9.53 Å². The quantitative estimate of drug-likeness (QED) is 0.798. The van der Waals surface area contributed by atoms with E-state index < -0.39 is 5.97 Å². The van der Waals surface area contributed by atoms with Gasteiger partial charge < -0.3 is 10.5 Å². The lowest BCUT2D eigenvalue weighted by molar-refractivity contribution is -0.145. The van der Waals surface area contributed by atoms with Gasteiger partial charge in [0.15, 0.2) is 0 Å². The monoisotopic (exact) mass is 257 g/mol. The number of aromatic nitrogens is 3. The number of nitrogens with two attached hydrogens (primary N) is 1. The zero-order valence-corrected chi connectivity index (χ0v) is 9.98. The molecule has 0 saturated heterocycles. The average Bonchev–Trinajstić information content (AvgIpc) is 2.82. The van der Waals surface area contributed by atoms with Crippen LogP contribution in [0.5, 0.6) is 0 Å². The van der Waals surface area contributed by atoms with Gasteiger partial charge in [0.2, 0.25) is 0 Å². The third-order valence-electron chi connectivity index (χ3n) is 2.29. The third-order valence-corrected chi connectivity index (χ3v) is 2.29. The van der Waals surface area contributed by atoms with Crippen molar-refractivity contribution in [3.63, 3.8) is 0 Å². The van der Waals surface area contributed by atoms with E-state index in [4.69, 9.17) is 15.7 Å². The molecule has 0 unspecified atom stereocenters. The lowest BCUT2D eigenvalue weighted by Crippen LogP contribution is -2.14. The largest absolute Gasteiger partial charge is 0.459 e. The molecule has 0 spiro atoms. The van der Waals surface area contributed by atoms with Crippen LogP contribution in [0.25, 0.3) is 0 Å².